The van der Waals surface area contributed by atoms with Crippen LogP contribution in [-0.2, 0) is 16.0 Å². The number of amides is 1. The summed E-state index contributed by atoms with van der Waals surface area (Å²) in [6.07, 6.45) is 3.90. The van der Waals surface area contributed by atoms with Crippen molar-refractivity contribution in [2.75, 3.05) is 0 Å². The van der Waals surface area contributed by atoms with E-state index in [0.717, 1.165) is 11.3 Å². The van der Waals surface area contributed by atoms with Crippen LogP contribution in [0.3, 0.4) is 0 Å². The molecule has 1 aromatic carbocycles. The van der Waals surface area contributed by atoms with Crippen LogP contribution < -0.4 is 5.32 Å². The number of carboxylic acid groups (broad SMARTS) is 1. The average molecular weight is 315 g/mol. The molecular formula is C17H21N3O3. The Bertz CT molecular complexity index is 665. The Morgan fingerprint density at radius 3 is 2.57 bits per heavy atom. The molecule has 0 fully saturated rings. The minimum absolute atomic E-state index is 0.106. The fraction of sp³-hybridized carbons (Fsp3) is 0.353. The van der Waals surface area contributed by atoms with Crippen molar-refractivity contribution in [2.24, 2.45) is 5.92 Å². The molecule has 1 aromatic heterocycles. The topological polar surface area (TPSA) is 84.2 Å². The van der Waals surface area contributed by atoms with Crippen molar-refractivity contribution in [1.29, 1.82) is 0 Å². The molecule has 6 heteroatoms. The van der Waals surface area contributed by atoms with Gasteiger partial charge in [0.1, 0.15) is 6.04 Å². The van der Waals surface area contributed by atoms with Gasteiger partial charge in [0.2, 0.25) is 5.91 Å². The Kier molecular flexibility index (Phi) is 5.51. The molecule has 0 radical (unpaired) electrons. The van der Waals surface area contributed by atoms with Crippen LogP contribution in [0.25, 0.3) is 5.69 Å². The van der Waals surface area contributed by atoms with Crippen molar-refractivity contribution >= 4 is 11.9 Å². The number of rotatable bonds is 7. The highest BCUT2D eigenvalue weighted by Gasteiger charge is 2.21. The van der Waals surface area contributed by atoms with Gasteiger partial charge in [-0.15, -0.1) is 0 Å². The SMILES string of the molecule is CC(C)C[C@H](NC(=O)Cc1cnn(-c2ccccc2)c1)C(=O)O. The van der Waals surface area contributed by atoms with Gasteiger partial charge in [0.25, 0.3) is 0 Å². The molecule has 0 spiro atoms. The quantitative estimate of drug-likeness (QED) is 0.819. The summed E-state index contributed by atoms with van der Waals surface area (Å²) in [5, 5.41) is 16.0. The molecule has 2 aromatic rings. The van der Waals surface area contributed by atoms with Crippen LogP contribution in [0.5, 0.6) is 0 Å². The highest BCUT2D eigenvalue weighted by molar-refractivity contribution is 5.84. The van der Waals surface area contributed by atoms with E-state index in [2.05, 4.69) is 10.4 Å². The zero-order valence-electron chi connectivity index (χ0n) is 13.3. The Hall–Kier alpha value is -2.63. The van der Waals surface area contributed by atoms with Gasteiger partial charge in [-0.3, -0.25) is 4.79 Å². The van der Waals surface area contributed by atoms with Gasteiger partial charge >= 0.3 is 5.97 Å². The molecule has 0 aliphatic heterocycles. The van der Waals surface area contributed by atoms with Gasteiger partial charge in [0.15, 0.2) is 0 Å². The molecule has 2 rings (SSSR count). The Balaban J connectivity index is 1.98. The number of aromatic nitrogens is 2. The summed E-state index contributed by atoms with van der Waals surface area (Å²) in [6, 6.07) is 8.72. The highest BCUT2D eigenvalue weighted by atomic mass is 16.4. The lowest BCUT2D eigenvalue weighted by atomic mass is 10.0. The monoisotopic (exact) mass is 315 g/mol. The molecule has 122 valence electrons. The largest absolute Gasteiger partial charge is 0.480 e. The fourth-order valence-corrected chi connectivity index (χ4v) is 2.30. The minimum Gasteiger partial charge on any atom is -0.480 e. The molecule has 2 N–H and O–H groups in total. The average Bonchev–Trinajstić information content (AvgIpc) is 2.95. The van der Waals surface area contributed by atoms with E-state index in [1.54, 1.807) is 17.1 Å². The lowest BCUT2D eigenvalue weighted by Crippen LogP contribution is -2.42. The summed E-state index contributed by atoms with van der Waals surface area (Å²) in [4.78, 5) is 23.2. The second kappa shape index (κ2) is 7.58. The number of carbonyl (C=O) groups excluding carboxylic acids is 1. The molecule has 0 aliphatic rings. The van der Waals surface area contributed by atoms with Crippen molar-refractivity contribution in [3.63, 3.8) is 0 Å². The van der Waals surface area contributed by atoms with Crippen LogP contribution in [0.2, 0.25) is 0 Å². The van der Waals surface area contributed by atoms with Gasteiger partial charge in [0, 0.05) is 6.20 Å². The second-order valence-electron chi connectivity index (χ2n) is 5.89. The summed E-state index contributed by atoms with van der Waals surface area (Å²) < 4.78 is 1.69. The van der Waals surface area contributed by atoms with Crippen LogP contribution in [0.1, 0.15) is 25.8 Å². The summed E-state index contributed by atoms with van der Waals surface area (Å²) in [7, 11) is 0. The molecule has 1 atom stereocenters. The van der Waals surface area contributed by atoms with Crippen molar-refractivity contribution in [3.05, 3.63) is 48.3 Å². The third-order valence-electron chi connectivity index (χ3n) is 3.36. The molecule has 0 unspecified atom stereocenters. The van der Waals surface area contributed by atoms with Gasteiger partial charge in [0.05, 0.1) is 18.3 Å². The number of aliphatic carboxylic acids is 1. The molecule has 6 nitrogen and oxygen atoms in total. The number of benzene rings is 1. The normalized spacial score (nSPS) is 12.1. The van der Waals surface area contributed by atoms with E-state index in [1.807, 2.05) is 44.2 Å². The first-order valence-corrected chi connectivity index (χ1v) is 7.57. The van der Waals surface area contributed by atoms with E-state index in [9.17, 15) is 9.59 Å². The van der Waals surface area contributed by atoms with Crippen LogP contribution in [0.15, 0.2) is 42.7 Å². The zero-order chi connectivity index (χ0) is 16.8. The third-order valence-corrected chi connectivity index (χ3v) is 3.36. The lowest BCUT2D eigenvalue weighted by Gasteiger charge is -2.16. The number of hydrogen-bond donors (Lipinski definition) is 2. The molecule has 0 bridgehead atoms. The zero-order valence-corrected chi connectivity index (χ0v) is 13.3. The second-order valence-corrected chi connectivity index (χ2v) is 5.89. The van der Waals surface area contributed by atoms with Crippen molar-refractivity contribution in [3.8, 4) is 5.69 Å². The Morgan fingerprint density at radius 1 is 1.26 bits per heavy atom. The predicted molar refractivity (Wildman–Crippen MR) is 86.3 cm³/mol. The van der Waals surface area contributed by atoms with Crippen molar-refractivity contribution in [2.45, 2.75) is 32.7 Å². The van der Waals surface area contributed by atoms with Gasteiger partial charge in [-0.2, -0.15) is 5.10 Å². The lowest BCUT2D eigenvalue weighted by molar-refractivity contribution is -0.142. The predicted octanol–water partition coefficient (Wildman–Crippen LogP) is 2.03. The molecule has 1 heterocycles. The van der Waals surface area contributed by atoms with Gasteiger partial charge < -0.3 is 10.4 Å². The van der Waals surface area contributed by atoms with Gasteiger partial charge in [-0.25, -0.2) is 9.48 Å². The van der Waals surface area contributed by atoms with E-state index in [4.69, 9.17) is 5.11 Å². The number of hydrogen-bond acceptors (Lipinski definition) is 3. The molecular weight excluding hydrogens is 294 g/mol. The first-order chi connectivity index (χ1) is 11.0. The van der Waals surface area contributed by atoms with E-state index in [-0.39, 0.29) is 18.2 Å². The standard InChI is InChI=1S/C17H21N3O3/c1-12(2)8-15(17(22)23)19-16(21)9-13-10-18-20(11-13)14-6-4-3-5-7-14/h3-7,10-12,15H,8-9H2,1-2H3,(H,19,21)(H,22,23)/t15-/m0/s1. The maximum atomic E-state index is 12.0. The first kappa shape index (κ1) is 16.7. The maximum absolute atomic E-state index is 12.0. The smallest absolute Gasteiger partial charge is 0.326 e. The van der Waals surface area contributed by atoms with Crippen LogP contribution in [0.4, 0.5) is 0 Å². The van der Waals surface area contributed by atoms with Crippen LogP contribution in [-0.4, -0.2) is 32.8 Å². The number of carboxylic acids is 1. The molecule has 1 amide bonds. The Labute approximate surface area is 135 Å². The van der Waals surface area contributed by atoms with E-state index in [0.29, 0.717) is 6.42 Å². The van der Waals surface area contributed by atoms with E-state index < -0.39 is 12.0 Å². The third kappa shape index (κ3) is 4.95. The first-order valence-electron chi connectivity index (χ1n) is 7.57. The highest BCUT2D eigenvalue weighted by Crippen LogP contribution is 2.09. The summed E-state index contributed by atoms with van der Waals surface area (Å²) >= 11 is 0. The number of carbonyl (C=O) groups is 2. The maximum Gasteiger partial charge on any atom is 0.326 e. The molecule has 23 heavy (non-hydrogen) atoms. The summed E-state index contributed by atoms with van der Waals surface area (Å²) in [5.41, 5.74) is 1.64. The number of para-hydroxylation sites is 1. The van der Waals surface area contributed by atoms with Gasteiger partial charge in [-0.1, -0.05) is 32.0 Å². The van der Waals surface area contributed by atoms with Crippen molar-refractivity contribution < 1.29 is 14.7 Å². The fourth-order valence-electron chi connectivity index (χ4n) is 2.30. The molecule has 0 saturated heterocycles. The van der Waals surface area contributed by atoms with E-state index in [1.165, 1.54) is 0 Å². The van der Waals surface area contributed by atoms with Gasteiger partial charge in [-0.05, 0) is 30.0 Å². The number of nitrogens with one attached hydrogen (secondary N) is 1. The van der Waals surface area contributed by atoms with Crippen LogP contribution in [0, 0.1) is 5.92 Å². The molecule has 0 aliphatic carbocycles. The minimum atomic E-state index is -1.01. The van der Waals surface area contributed by atoms with Crippen molar-refractivity contribution in [1.82, 2.24) is 15.1 Å². The summed E-state index contributed by atoms with van der Waals surface area (Å²) in [6.45, 7) is 3.85. The van der Waals surface area contributed by atoms with Crippen LogP contribution >= 0.6 is 0 Å². The summed E-state index contributed by atoms with van der Waals surface area (Å²) in [5.74, 6) is -1.13. The molecule has 0 saturated carbocycles. The number of nitrogens with zero attached hydrogens (tertiary/aromatic N) is 2. The Morgan fingerprint density at radius 2 is 1.96 bits per heavy atom. The van der Waals surface area contributed by atoms with E-state index >= 15 is 0 Å².